The number of hydrogen-bond donors (Lipinski definition) is 0. The highest BCUT2D eigenvalue weighted by Gasteiger charge is 2.65. The van der Waals surface area contributed by atoms with E-state index in [2.05, 4.69) is 11.9 Å². The first-order chi connectivity index (χ1) is 8.88. The molecule has 3 aliphatic rings. The fourth-order valence-electron chi connectivity index (χ4n) is 4.27. The fourth-order valence-corrected chi connectivity index (χ4v) is 4.27. The average molecular weight is 264 g/mol. The van der Waals surface area contributed by atoms with Gasteiger partial charge in [-0.1, -0.05) is 13.8 Å². The van der Waals surface area contributed by atoms with Crippen LogP contribution in [0.25, 0.3) is 0 Å². The summed E-state index contributed by atoms with van der Waals surface area (Å²) >= 11 is 0. The number of carbonyl (C=O) groups excluding carboxylic acids is 2. The molecule has 0 unspecified atom stereocenters. The predicted molar refractivity (Wildman–Crippen MR) is 72.6 cm³/mol. The normalized spacial score (nSPS) is 37.9. The summed E-state index contributed by atoms with van der Waals surface area (Å²) in [5.74, 6) is 0.746. The molecule has 0 aromatic heterocycles. The molecule has 2 bridgehead atoms. The minimum Gasteiger partial charge on any atom is -0.339 e. The Morgan fingerprint density at radius 1 is 1.21 bits per heavy atom. The Bertz CT molecular complexity index is 424. The van der Waals surface area contributed by atoms with Crippen molar-refractivity contribution in [3.8, 4) is 0 Å². The third kappa shape index (κ3) is 1.69. The lowest BCUT2D eigenvalue weighted by Crippen LogP contribution is -2.54. The number of piperazine rings is 1. The predicted octanol–water partition coefficient (Wildman–Crippen LogP) is 1.16. The summed E-state index contributed by atoms with van der Waals surface area (Å²) in [4.78, 5) is 29.7. The second kappa shape index (κ2) is 4.05. The topological polar surface area (TPSA) is 40.6 Å². The van der Waals surface area contributed by atoms with Crippen molar-refractivity contribution in [3.05, 3.63) is 0 Å². The number of carbonyl (C=O) groups is 2. The molecule has 0 radical (unpaired) electrons. The molecule has 1 heterocycles. The van der Waals surface area contributed by atoms with Gasteiger partial charge in [-0.15, -0.1) is 0 Å². The first kappa shape index (κ1) is 13.1. The molecule has 0 spiro atoms. The van der Waals surface area contributed by atoms with Crippen LogP contribution in [0.4, 0.5) is 0 Å². The summed E-state index contributed by atoms with van der Waals surface area (Å²) in [6.07, 6.45) is 2.62. The molecule has 3 rings (SSSR count). The molecule has 1 saturated heterocycles. The average Bonchev–Trinajstić information content (AvgIpc) is 2.90. The fraction of sp³-hybridized carbons (Fsp3) is 0.867. The maximum Gasteiger partial charge on any atom is 0.236 e. The van der Waals surface area contributed by atoms with E-state index in [-0.39, 0.29) is 17.1 Å². The van der Waals surface area contributed by atoms with Crippen LogP contribution in [-0.4, -0.2) is 54.7 Å². The maximum absolute atomic E-state index is 12.9. The van der Waals surface area contributed by atoms with Crippen LogP contribution in [0.5, 0.6) is 0 Å². The number of Topliss-reactive ketones (excluding diaryl/α,β-unsaturated/α-hetero) is 1. The van der Waals surface area contributed by atoms with Gasteiger partial charge in [0.15, 0.2) is 5.78 Å². The number of hydrogen-bond acceptors (Lipinski definition) is 3. The Kier molecular flexibility index (Phi) is 2.79. The van der Waals surface area contributed by atoms with Gasteiger partial charge in [0.1, 0.15) is 5.41 Å². The molecule has 2 saturated carbocycles. The lowest BCUT2D eigenvalue weighted by atomic mass is 9.70. The highest BCUT2D eigenvalue weighted by molar-refractivity contribution is 6.10. The summed E-state index contributed by atoms with van der Waals surface area (Å²) in [7, 11) is 2.08. The highest BCUT2D eigenvalue weighted by Crippen LogP contribution is 2.60. The lowest BCUT2D eigenvalue weighted by Gasteiger charge is -2.39. The first-order valence-corrected chi connectivity index (χ1v) is 7.41. The van der Waals surface area contributed by atoms with Crippen LogP contribution in [0.1, 0.15) is 33.1 Å². The van der Waals surface area contributed by atoms with E-state index in [9.17, 15) is 9.59 Å². The van der Waals surface area contributed by atoms with Crippen LogP contribution < -0.4 is 0 Å². The molecule has 4 heteroatoms. The summed E-state index contributed by atoms with van der Waals surface area (Å²) in [5.41, 5.74) is -0.954. The van der Waals surface area contributed by atoms with Gasteiger partial charge < -0.3 is 9.80 Å². The monoisotopic (exact) mass is 264 g/mol. The highest BCUT2D eigenvalue weighted by atomic mass is 16.2. The van der Waals surface area contributed by atoms with Crippen LogP contribution in [0, 0.1) is 16.7 Å². The molecule has 2 atom stereocenters. The molecule has 106 valence electrons. The lowest BCUT2D eigenvalue weighted by molar-refractivity contribution is -0.152. The summed E-state index contributed by atoms with van der Waals surface area (Å²) in [5, 5.41) is 0. The summed E-state index contributed by atoms with van der Waals surface area (Å²) < 4.78 is 0. The van der Waals surface area contributed by atoms with Crippen molar-refractivity contribution in [2.24, 2.45) is 16.7 Å². The minimum atomic E-state index is -0.663. The van der Waals surface area contributed by atoms with E-state index in [0.29, 0.717) is 5.92 Å². The van der Waals surface area contributed by atoms with Gasteiger partial charge in [-0.25, -0.2) is 0 Å². The van der Waals surface area contributed by atoms with Crippen LogP contribution >= 0.6 is 0 Å². The van der Waals surface area contributed by atoms with E-state index in [0.717, 1.165) is 45.4 Å². The number of ketones is 1. The SMILES string of the molecule is CN1CCN(C(=O)[C@]23CC[C@H](C2)C(C)(C)C3=O)CC1. The van der Waals surface area contributed by atoms with E-state index < -0.39 is 5.41 Å². The molecule has 4 nitrogen and oxygen atoms in total. The number of amides is 1. The molecule has 0 aromatic rings. The Hall–Kier alpha value is -0.900. The van der Waals surface area contributed by atoms with Crippen molar-refractivity contribution in [3.63, 3.8) is 0 Å². The Balaban J connectivity index is 1.82. The van der Waals surface area contributed by atoms with Gasteiger partial charge >= 0.3 is 0 Å². The van der Waals surface area contributed by atoms with Gasteiger partial charge in [0, 0.05) is 31.6 Å². The van der Waals surface area contributed by atoms with Gasteiger partial charge in [-0.2, -0.15) is 0 Å². The molecular weight excluding hydrogens is 240 g/mol. The zero-order valence-electron chi connectivity index (χ0n) is 12.2. The van der Waals surface area contributed by atoms with E-state index in [4.69, 9.17) is 0 Å². The molecule has 0 N–H and O–H groups in total. The first-order valence-electron chi connectivity index (χ1n) is 7.41. The van der Waals surface area contributed by atoms with Gasteiger partial charge in [-0.05, 0) is 32.2 Å². The van der Waals surface area contributed by atoms with Gasteiger partial charge in [0.05, 0.1) is 0 Å². The molecule has 2 aliphatic carbocycles. The third-order valence-corrected chi connectivity index (χ3v) is 5.75. The van der Waals surface area contributed by atoms with Crippen molar-refractivity contribution < 1.29 is 9.59 Å². The quantitative estimate of drug-likeness (QED) is 0.667. The summed E-state index contributed by atoms with van der Waals surface area (Å²) in [6, 6.07) is 0. The number of likely N-dealkylation sites (N-methyl/N-ethyl adjacent to an activating group) is 1. The Labute approximate surface area is 115 Å². The zero-order valence-corrected chi connectivity index (χ0v) is 12.2. The smallest absolute Gasteiger partial charge is 0.236 e. The largest absolute Gasteiger partial charge is 0.339 e. The van der Waals surface area contributed by atoms with Crippen molar-refractivity contribution in [1.29, 1.82) is 0 Å². The Morgan fingerprint density at radius 3 is 2.37 bits per heavy atom. The van der Waals surface area contributed by atoms with Gasteiger partial charge in [-0.3, -0.25) is 9.59 Å². The zero-order chi connectivity index (χ0) is 13.8. The minimum absolute atomic E-state index is 0.124. The van der Waals surface area contributed by atoms with Crippen LogP contribution in [-0.2, 0) is 9.59 Å². The second-order valence-corrected chi connectivity index (χ2v) is 7.17. The number of fused-ring (bicyclic) bond motifs is 2. The van der Waals surface area contributed by atoms with Crippen molar-refractivity contribution in [2.45, 2.75) is 33.1 Å². The van der Waals surface area contributed by atoms with Crippen LogP contribution in [0.2, 0.25) is 0 Å². The van der Waals surface area contributed by atoms with E-state index in [1.54, 1.807) is 0 Å². The molecular formula is C15H24N2O2. The second-order valence-electron chi connectivity index (χ2n) is 7.17. The van der Waals surface area contributed by atoms with Crippen molar-refractivity contribution >= 4 is 11.7 Å². The third-order valence-electron chi connectivity index (χ3n) is 5.75. The summed E-state index contributed by atoms with van der Waals surface area (Å²) in [6.45, 7) is 7.44. The molecule has 1 amide bonds. The van der Waals surface area contributed by atoms with Crippen LogP contribution in [0.3, 0.4) is 0 Å². The number of rotatable bonds is 1. The van der Waals surface area contributed by atoms with Gasteiger partial charge in [0.2, 0.25) is 5.91 Å². The molecule has 19 heavy (non-hydrogen) atoms. The van der Waals surface area contributed by atoms with E-state index in [1.165, 1.54) is 0 Å². The maximum atomic E-state index is 12.9. The number of nitrogens with zero attached hydrogens (tertiary/aromatic N) is 2. The molecule has 0 aromatic carbocycles. The standard InChI is InChI=1S/C15H24N2O2/c1-14(2)11-4-5-15(10-11,12(14)18)13(19)17-8-6-16(3)7-9-17/h11H,4-10H2,1-3H3/t11-,15-/m1/s1. The van der Waals surface area contributed by atoms with Crippen molar-refractivity contribution in [2.75, 3.05) is 33.2 Å². The van der Waals surface area contributed by atoms with E-state index >= 15 is 0 Å². The molecule has 1 aliphatic heterocycles. The Morgan fingerprint density at radius 2 is 1.84 bits per heavy atom. The van der Waals surface area contributed by atoms with Crippen LogP contribution in [0.15, 0.2) is 0 Å². The van der Waals surface area contributed by atoms with E-state index in [1.807, 2.05) is 18.7 Å². The molecule has 3 fully saturated rings. The van der Waals surface area contributed by atoms with Gasteiger partial charge in [0.25, 0.3) is 0 Å². The van der Waals surface area contributed by atoms with Crippen molar-refractivity contribution in [1.82, 2.24) is 9.80 Å².